The first kappa shape index (κ1) is 74.8. The Hall–Kier alpha value is -3.19. The summed E-state index contributed by atoms with van der Waals surface area (Å²) >= 11 is 0. The van der Waals surface area contributed by atoms with Crippen LogP contribution >= 0.6 is 0 Å². The van der Waals surface area contributed by atoms with E-state index in [0.29, 0.717) is 5.92 Å². The van der Waals surface area contributed by atoms with E-state index < -0.39 is 0 Å². The minimum atomic E-state index is 0.659. The van der Waals surface area contributed by atoms with Gasteiger partial charge in [0.15, 0.2) is 0 Å². The predicted octanol–water partition coefficient (Wildman–Crippen LogP) is 23.3. The Morgan fingerprint density at radius 2 is 0.696 bits per heavy atom. The van der Waals surface area contributed by atoms with Gasteiger partial charge in [0.1, 0.15) is 0 Å². The van der Waals surface area contributed by atoms with Crippen LogP contribution in [0.3, 0.4) is 0 Å². The highest BCUT2D eigenvalue weighted by molar-refractivity contribution is 5.35. The zero-order chi connectivity index (χ0) is 54.2. The van der Waals surface area contributed by atoms with Gasteiger partial charge in [0.25, 0.3) is 0 Å². The maximum atomic E-state index is 3.78. The lowest BCUT2D eigenvalue weighted by molar-refractivity contribution is 0.235. The van der Waals surface area contributed by atoms with Gasteiger partial charge in [0.05, 0.1) is 0 Å². The smallest absolute Gasteiger partial charge is 0.0267 e. The predicted molar refractivity (Wildman–Crippen MR) is 322 cm³/mol. The van der Waals surface area contributed by atoms with Gasteiger partial charge < -0.3 is 0 Å². The second kappa shape index (κ2) is 52.6. The number of nitrogens with zero attached hydrogens (tertiary/aromatic N) is 1. The highest BCUT2D eigenvalue weighted by atomic mass is 14.6. The number of pyridine rings is 1. The van der Waals surface area contributed by atoms with Crippen molar-refractivity contribution < 1.29 is 0 Å². The molecule has 0 radical (unpaired) electrons. The normalized spacial score (nSPS) is 15.1. The summed E-state index contributed by atoms with van der Waals surface area (Å²) < 4.78 is 0. The second-order valence-corrected chi connectivity index (χ2v) is 19.4. The zero-order valence-electron chi connectivity index (χ0n) is 51.2. The molecule has 3 aromatic carbocycles. The van der Waals surface area contributed by atoms with Crippen LogP contribution in [0.2, 0.25) is 0 Å². The molecule has 2 saturated carbocycles. The summed E-state index contributed by atoms with van der Waals surface area (Å²) in [6, 6.07) is 34.1. The Bertz CT molecular complexity index is 1490. The molecule has 0 saturated heterocycles. The van der Waals surface area contributed by atoms with Gasteiger partial charge in [0, 0.05) is 12.4 Å². The Kier molecular flexibility index (Phi) is 57.0. The van der Waals surface area contributed by atoms with Crippen LogP contribution in [0.4, 0.5) is 0 Å². The SMILES string of the molecule is CC.CC.CC.CC.CC.CC.CC(C)C.CC(C)C1CC1.CC(C)C1CCC1.CC(C)C1CCCc2ccccc21.CC(C)C1CCc2ccccc21.CC(C)c1ccccc1.c1ccncc1. The van der Waals surface area contributed by atoms with Crippen LogP contribution in [0.15, 0.2) is 109 Å². The van der Waals surface area contributed by atoms with Crippen molar-refractivity contribution in [3.63, 3.8) is 0 Å². The molecule has 4 aliphatic rings. The molecular weight excluding hydrogens is 831 g/mol. The van der Waals surface area contributed by atoms with E-state index in [9.17, 15) is 0 Å². The van der Waals surface area contributed by atoms with Gasteiger partial charge in [0.2, 0.25) is 0 Å². The fourth-order valence-corrected chi connectivity index (χ4v) is 7.79. The highest BCUT2D eigenvalue weighted by Crippen LogP contribution is 2.38. The van der Waals surface area contributed by atoms with Crippen molar-refractivity contribution in [2.24, 2.45) is 41.4 Å². The van der Waals surface area contributed by atoms with Crippen molar-refractivity contribution in [1.82, 2.24) is 4.98 Å². The fourth-order valence-electron chi connectivity index (χ4n) is 7.79. The first-order chi connectivity index (χ1) is 33.2. The molecule has 2 atom stereocenters. The second-order valence-electron chi connectivity index (χ2n) is 19.4. The summed E-state index contributed by atoms with van der Waals surface area (Å²) in [4.78, 5) is 3.78. The van der Waals surface area contributed by atoms with Gasteiger partial charge in [-0.05, 0) is 144 Å². The summed E-state index contributed by atoms with van der Waals surface area (Å²) in [7, 11) is 0. The average Bonchev–Trinajstić information content (AvgIpc) is 4.15. The van der Waals surface area contributed by atoms with Gasteiger partial charge in [-0.25, -0.2) is 0 Å². The number of rotatable bonds is 5. The summed E-state index contributed by atoms with van der Waals surface area (Å²) in [6.45, 7) is 53.5. The molecule has 1 aromatic heterocycles. The maximum absolute atomic E-state index is 3.78. The van der Waals surface area contributed by atoms with E-state index in [0.717, 1.165) is 53.3 Å². The summed E-state index contributed by atoms with van der Waals surface area (Å²) in [5.41, 5.74) is 7.80. The molecular formula is C68H123N. The molecule has 4 aromatic rings. The third-order valence-corrected chi connectivity index (χ3v) is 11.9. The number of benzene rings is 3. The maximum Gasteiger partial charge on any atom is 0.0267 e. The van der Waals surface area contributed by atoms with Crippen molar-refractivity contribution in [3.8, 4) is 0 Å². The largest absolute Gasteiger partial charge is 0.265 e. The fraction of sp³-hybridized carbons (Fsp3) is 0.662. The number of hydrogen-bond donors (Lipinski definition) is 0. The first-order valence-corrected chi connectivity index (χ1v) is 29.3. The molecule has 2 fully saturated rings. The zero-order valence-corrected chi connectivity index (χ0v) is 51.2. The van der Waals surface area contributed by atoms with Crippen LogP contribution in [-0.4, -0.2) is 4.98 Å². The average molecular weight is 955 g/mol. The number of aryl methyl sites for hydroxylation is 2. The Balaban J connectivity index is -0.000000228. The summed E-state index contributed by atoms with van der Waals surface area (Å²) in [5, 5.41) is 0. The lowest BCUT2D eigenvalue weighted by Crippen LogP contribution is -2.16. The molecule has 0 bridgehead atoms. The minimum absolute atomic E-state index is 0.659. The van der Waals surface area contributed by atoms with E-state index in [4.69, 9.17) is 0 Å². The molecule has 2 unspecified atom stereocenters. The van der Waals surface area contributed by atoms with Crippen molar-refractivity contribution in [2.45, 2.75) is 255 Å². The van der Waals surface area contributed by atoms with Crippen LogP contribution < -0.4 is 0 Å². The van der Waals surface area contributed by atoms with Crippen LogP contribution in [0, 0.1) is 41.4 Å². The lowest BCUT2D eigenvalue weighted by Gasteiger charge is -2.28. The van der Waals surface area contributed by atoms with E-state index in [-0.39, 0.29) is 0 Å². The first-order valence-electron chi connectivity index (χ1n) is 29.3. The minimum Gasteiger partial charge on any atom is -0.265 e. The van der Waals surface area contributed by atoms with Crippen LogP contribution in [-0.2, 0) is 12.8 Å². The van der Waals surface area contributed by atoms with E-state index in [1.54, 1.807) is 34.6 Å². The summed E-state index contributed by atoms with van der Waals surface area (Å²) in [5.74, 6) is 8.82. The number of hydrogen-bond acceptors (Lipinski definition) is 1. The van der Waals surface area contributed by atoms with Crippen molar-refractivity contribution >= 4 is 0 Å². The standard InChI is InChI=1S/C13H18.C12H16.C9H12.C7H14.C6H12.C5H5N.C4H10.6C2H6/c1-10(2)12-9-5-7-11-6-3-4-8-13(11)12;1-9(2)11-8-7-10-5-3-4-6-12(10)11;1-8(2)9-6-4-3-5-7-9;1-6(2)7-4-3-5-7;1-5(2)6-3-4-6;1-2-4-6-5-3-1;1-4(2)3;6*1-2/h3-4,6,8,10,12H,5,7,9H2,1-2H3;3-6,9,11H,7-8H2,1-2H3;3-8H,1-2H3;6-7H,3-5H2,1-2H3;5-6H,3-4H2,1-2H3;1-5H;4H,1-3H3;6*1-2H3. The molecule has 1 heteroatoms. The molecule has 1 nitrogen and oxygen atoms in total. The molecule has 0 N–H and O–H groups in total. The molecule has 1 heterocycles. The van der Waals surface area contributed by atoms with E-state index in [1.165, 1.54) is 69.8 Å². The molecule has 0 aliphatic heterocycles. The monoisotopic (exact) mass is 954 g/mol. The van der Waals surface area contributed by atoms with Crippen LogP contribution in [0.5, 0.6) is 0 Å². The molecule has 8 rings (SSSR count). The lowest BCUT2D eigenvalue weighted by atomic mass is 9.77. The molecule has 400 valence electrons. The third-order valence-electron chi connectivity index (χ3n) is 11.9. The topological polar surface area (TPSA) is 12.9 Å². The molecule has 4 aliphatic carbocycles. The van der Waals surface area contributed by atoms with Crippen molar-refractivity contribution in [2.75, 3.05) is 0 Å². The molecule has 0 spiro atoms. The quantitative estimate of drug-likeness (QED) is 0.194. The van der Waals surface area contributed by atoms with Gasteiger partial charge in [-0.3, -0.25) is 4.98 Å². The van der Waals surface area contributed by atoms with Crippen molar-refractivity contribution in [3.05, 3.63) is 137 Å². The van der Waals surface area contributed by atoms with Crippen LogP contribution in [0.25, 0.3) is 0 Å². The van der Waals surface area contributed by atoms with Gasteiger partial charge in [-0.15, -0.1) is 0 Å². The van der Waals surface area contributed by atoms with Gasteiger partial charge >= 0.3 is 0 Å². The third kappa shape index (κ3) is 39.2. The number of aromatic nitrogens is 1. The van der Waals surface area contributed by atoms with Gasteiger partial charge in [-0.1, -0.05) is 277 Å². The Morgan fingerprint density at radius 3 is 0.957 bits per heavy atom. The highest BCUT2D eigenvalue weighted by Gasteiger charge is 2.25. The van der Waals surface area contributed by atoms with Crippen molar-refractivity contribution in [1.29, 1.82) is 0 Å². The number of fused-ring (bicyclic) bond motifs is 2. The Labute approximate surface area is 436 Å². The summed E-state index contributed by atoms with van der Waals surface area (Å²) in [6.07, 6.45) is 17.7. The molecule has 0 amide bonds. The Morgan fingerprint density at radius 1 is 0.348 bits per heavy atom. The van der Waals surface area contributed by atoms with Crippen LogP contribution in [0.1, 0.15) is 270 Å². The molecule has 69 heavy (non-hydrogen) atoms. The van der Waals surface area contributed by atoms with E-state index >= 15 is 0 Å². The van der Waals surface area contributed by atoms with Gasteiger partial charge in [-0.2, -0.15) is 0 Å². The van der Waals surface area contributed by atoms with E-state index in [1.807, 2.05) is 107 Å². The van der Waals surface area contributed by atoms with E-state index in [2.05, 4.69) is 168 Å².